The molecule has 1 aromatic rings. The summed E-state index contributed by atoms with van der Waals surface area (Å²) in [5.41, 5.74) is 2.16. The van der Waals surface area contributed by atoms with Crippen molar-refractivity contribution in [1.82, 2.24) is 0 Å². The Morgan fingerprint density at radius 3 is 2.67 bits per heavy atom. The van der Waals surface area contributed by atoms with Gasteiger partial charge in [-0.2, -0.15) is 0 Å². The Balaban J connectivity index is 1.97. The average molecular weight is 244 g/mol. The minimum absolute atomic E-state index is 0.0528. The fraction of sp³-hybridized carbons (Fsp3) is 0.533. The molecule has 1 atom stereocenters. The molecular weight excluding hydrogens is 224 g/mol. The Bertz CT molecular complexity index is 452. The van der Waals surface area contributed by atoms with E-state index in [0.29, 0.717) is 6.04 Å². The maximum absolute atomic E-state index is 12.1. The number of hydrogen-bond acceptors (Lipinski definition) is 2. The molecule has 2 aliphatic rings. The lowest BCUT2D eigenvalue weighted by molar-refractivity contribution is -0.117. The number of carbonyl (C=O) groups is 1. The van der Waals surface area contributed by atoms with E-state index in [1.54, 1.807) is 0 Å². The topological polar surface area (TPSA) is 32.3 Å². The van der Waals surface area contributed by atoms with Crippen molar-refractivity contribution in [2.24, 2.45) is 0 Å². The molecule has 1 aliphatic heterocycles. The van der Waals surface area contributed by atoms with Crippen LogP contribution in [0.2, 0.25) is 0 Å². The molecule has 1 fully saturated rings. The monoisotopic (exact) mass is 244 g/mol. The number of anilines is 2. The van der Waals surface area contributed by atoms with Crippen molar-refractivity contribution >= 4 is 17.3 Å². The summed E-state index contributed by atoms with van der Waals surface area (Å²) in [4.78, 5) is 14.4. The minimum atomic E-state index is -0.0528. The molecule has 1 heterocycles. The first kappa shape index (κ1) is 11.6. The van der Waals surface area contributed by atoms with Gasteiger partial charge >= 0.3 is 0 Å². The molecule has 0 aromatic heterocycles. The van der Waals surface area contributed by atoms with E-state index in [1.165, 1.54) is 37.8 Å². The fourth-order valence-electron chi connectivity index (χ4n) is 3.25. The second-order valence-electron chi connectivity index (χ2n) is 5.38. The van der Waals surface area contributed by atoms with Crippen LogP contribution in [-0.4, -0.2) is 18.0 Å². The zero-order valence-electron chi connectivity index (χ0n) is 10.9. The summed E-state index contributed by atoms with van der Waals surface area (Å²) in [5.74, 6) is 0.124. The highest BCUT2D eigenvalue weighted by Crippen LogP contribution is 2.36. The SMILES string of the molecule is CC1C(=O)Nc2ccccc2N1C1CCCCC1. The molecule has 3 nitrogen and oxygen atoms in total. The number of benzene rings is 1. The van der Waals surface area contributed by atoms with E-state index in [4.69, 9.17) is 0 Å². The van der Waals surface area contributed by atoms with Crippen LogP contribution in [0, 0.1) is 0 Å². The zero-order chi connectivity index (χ0) is 12.5. The van der Waals surface area contributed by atoms with Crippen LogP contribution in [-0.2, 0) is 4.79 Å². The van der Waals surface area contributed by atoms with Gasteiger partial charge in [0.25, 0.3) is 0 Å². The number of para-hydroxylation sites is 2. The molecule has 96 valence electrons. The molecule has 1 aliphatic carbocycles. The van der Waals surface area contributed by atoms with Gasteiger partial charge < -0.3 is 10.2 Å². The van der Waals surface area contributed by atoms with Crippen LogP contribution in [0.1, 0.15) is 39.0 Å². The number of hydrogen-bond donors (Lipinski definition) is 1. The third-order valence-electron chi connectivity index (χ3n) is 4.20. The van der Waals surface area contributed by atoms with Gasteiger partial charge in [0.15, 0.2) is 0 Å². The second-order valence-corrected chi connectivity index (χ2v) is 5.38. The zero-order valence-corrected chi connectivity index (χ0v) is 10.9. The second kappa shape index (κ2) is 4.63. The van der Waals surface area contributed by atoms with Crippen molar-refractivity contribution < 1.29 is 4.79 Å². The van der Waals surface area contributed by atoms with E-state index in [9.17, 15) is 4.79 Å². The summed E-state index contributed by atoms with van der Waals surface area (Å²) >= 11 is 0. The summed E-state index contributed by atoms with van der Waals surface area (Å²) in [6, 6.07) is 8.63. The third kappa shape index (κ3) is 1.88. The highest BCUT2D eigenvalue weighted by atomic mass is 16.2. The van der Waals surface area contributed by atoms with E-state index in [0.717, 1.165) is 5.69 Å². The van der Waals surface area contributed by atoms with Gasteiger partial charge in [-0.25, -0.2) is 0 Å². The first-order chi connectivity index (χ1) is 8.77. The standard InChI is InChI=1S/C15H20N2O/c1-11-15(18)16-13-9-5-6-10-14(13)17(11)12-7-3-2-4-8-12/h5-6,9-12H,2-4,7-8H2,1H3,(H,16,18). The van der Waals surface area contributed by atoms with E-state index in [1.807, 2.05) is 19.1 Å². The normalized spacial score (nSPS) is 24.6. The van der Waals surface area contributed by atoms with Gasteiger partial charge in [0.2, 0.25) is 5.91 Å². The van der Waals surface area contributed by atoms with Crippen molar-refractivity contribution in [2.45, 2.75) is 51.1 Å². The molecule has 18 heavy (non-hydrogen) atoms. The maximum atomic E-state index is 12.1. The smallest absolute Gasteiger partial charge is 0.246 e. The van der Waals surface area contributed by atoms with Crippen molar-refractivity contribution in [3.8, 4) is 0 Å². The van der Waals surface area contributed by atoms with E-state index in [-0.39, 0.29) is 11.9 Å². The van der Waals surface area contributed by atoms with Crippen LogP contribution >= 0.6 is 0 Å². The molecule has 0 spiro atoms. The summed E-state index contributed by atoms with van der Waals surface area (Å²) < 4.78 is 0. The number of rotatable bonds is 1. The van der Waals surface area contributed by atoms with Crippen LogP contribution in [0.5, 0.6) is 0 Å². The van der Waals surface area contributed by atoms with E-state index < -0.39 is 0 Å². The Morgan fingerprint density at radius 1 is 1.17 bits per heavy atom. The number of nitrogens with one attached hydrogen (secondary N) is 1. The summed E-state index contributed by atoms with van der Waals surface area (Å²) in [6.07, 6.45) is 6.35. The lowest BCUT2D eigenvalue weighted by atomic mass is 9.91. The van der Waals surface area contributed by atoms with Gasteiger partial charge in [0.05, 0.1) is 11.4 Å². The van der Waals surface area contributed by atoms with Gasteiger partial charge in [-0.3, -0.25) is 4.79 Å². The summed E-state index contributed by atoms with van der Waals surface area (Å²) in [6.45, 7) is 2.01. The van der Waals surface area contributed by atoms with Crippen LogP contribution in [0.15, 0.2) is 24.3 Å². The van der Waals surface area contributed by atoms with Crippen LogP contribution in [0.25, 0.3) is 0 Å². The molecule has 3 heteroatoms. The predicted octanol–water partition coefficient (Wildman–Crippen LogP) is 3.17. The lowest BCUT2D eigenvalue weighted by Crippen LogP contribution is -2.51. The van der Waals surface area contributed by atoms with Crippen molar-refractivity contribution in [3.05, 3.63) is 24.3 Å². The minimum Gasteiger partial charge on any atom is -0.355 e. The Kier molecular flexibility index (Phi) is 2.98. The summed E-state index contributed by atoms with van der Waals surface area (Å²) in [7, 11) is 0. The van der Waals surface area contributed by atoms with Crippen molar-refractivity contribution in [1.29, 1.82) is 0 Å². The molecule has 0 bridgehead atoms. The first-order valence-corrected chi connectivity index (χ1v) is 6.95. The molecular formula is C15H20N2O. The van der Waals surface area contributed by atoms with Gasteiger partial charge in [0.1, 0.15) is 6.04 Å². The van der Waals surface area contributed by atoms with Crippen molar-refractivity contribution in [2.75, 3.05) is 10.2 Å². The Morgan fingerprint density at radius 2 is 1.89 bits per heavy atom. The number of fused-ring (bicyclic) bond motifs is 1. The molecule has 3 rings (SSSR count). The third-order valence-corrected chi connectivity index (χ3v) is 4.20. The first-order valence-electron chi connectivity index (χ1n) is 6.95. The van der Waals surface area contributed by atoms with E-state index >= 15 is 0 Å². The fourth-order valence-corrected chi connectivity index (χ4v) is 3.25. The van der Waals surface area contributed by atoms with Gasteiger partial charge in [0, 0.05) is 6.04 Å². The Hall–Kier alpha value is -1.51. The summed E-state index contributed by atoms with van der Waals surface area (Å²) in [5, 5.41) is 3.00. The van der Waals surface area contributed by atoms with Gasteiger partial charge in [-0.1, -0.05) is 31.4 Å². The molecule has 1 aromatic carbocycles. The molecule has 1 unspecified atom stereocenters. The number of carbonyl (C=O) groups excluding carboxylic acids is 1. The Labute approximate surface area is 108 Å². The molecule has 0 saturated heterocycles. The van der Waals surface area contributed by atoms with Crippen molar-refractivity contribution in [3.63, 3.8) is 0 Å². The van der Waals surface area contributed by atoms with Crippen LogP contribution < -0.4 is 10.2 Å². The largest absolute Gasteiger partial charge is 0.355 e. The lowest BCUT2D eigenvalue weighted by Gasteiger charge is -2.43. The van der Waals surface area contributed by atoms with E-state index in [2.05, 4.69) is 22.3 Å². The number of amides is 1. The molecule has 1 saturated carbocycles. The van der Waals surface area contributed by atoms with Gasteiger partial charge in [-0.15, -0.1) is 0 Å². The molecule has 1 amide bonds. The van der Waals surface area contributed by atoms with Crippen LogP contribution in [0.3, 0.4) is 0 Å². The maximum Gasteiger partial charge on any atom is 0.246 e. The average Bonchev–Trinajstić information content (AvgIpc) is 2.41. The highest BCUT2D eigenvalue weighted by molar-refractivity contribution is 6.03. The van der Waals surface area contributed by atoms with Gasteiger partial charge in [-0.05, 0) is 31.9 Å². The molecule has 0 radical (unpaired) electrons. The van der Waals surface area contributed by atoms with Crippen LogP contribution in [0.4, 0.5) is 11.4 Å². The molecule has 1 N–H and O–H groups in total. The quantitative estimate of drug-likeness (QED) is 0.823. The number of nitrogens with zero attached hydrogens (tertiary/aromatic N) is 1. The predicted molar refractivity (Wildman–Crippen MR) is 73.9 cm³/mol. The highest BCUT2D eigenvalue weighted by Gasteiger charge is 2.34.